The van der Waals surface area contributed by atoms with Crippen LogP contribution in [0, 0.1) is 5.41 Å². The second-order valence-electron chi connectivity index (χ2n) is 7.40. The van der Waals surface area contributed by atoms with E-state index in [2.05, 4.69) is 10.6 Å². The SMILES string of the molecule is C[C@@]1(C(=O)NCc2ccccc2)CCCN(C(=O)NCc2ccccc2)C1. The largest absolute Gasteiger partial charge is 0.351 e. The number of carbonyl (C=O) groups is 2. The Morgan fingerprint density at radius 1 is 0.926 bits per heavy atom. The number of nitrogens with one attached hydrogen (secondary N) is 2. The van der Waals surface area contributed by atoms with Gasteiger partial charge in [0, 0.05) is 26.2 Å². The van der Waals surface area contributed by atoms with Crippen molar-refractivity contribution in [3.05, 3.63) is 71.8 Å². The number of hydrogen-bond acceptors (Lipinski definition) is 2. The fourth-order valence-corrected chi connectivity index (χ4v) is 3.48. The monoisotopic (exact) mass is 365 g/mol. The molecule has 1 saturated heterocycles. The lowest BCUT2D eigenvalue weighted by Gasteiger charge is -2.39. The summed E-state index contributed by atoms with van der Waals surface area (Å²) in [6.45, 7) is 4.07. The molecule has 3 rings (SSSR count). The maximum absolute atomic E-state index is 12.8. The topological polar surface area (TPSA) is 61.4 Å². The zero-order chi connectivity index (χ0) is 19.1. The van der Waals surface area contributed by atoms with E-state index in [0.29, 0.717) is 26.2 Å². The first kappa shape index (κ1) is 19.0. The highest BCUT2D eigenvalue weighted by Crippen LogP contribution is 2.30. The Morgan fingerprint density at radius 2 is 1.48 bits per heavy atom. The Kier molecular flexibility index (Phi) is 6.12. The highest BCUT2D eigenvalue weighted by Gasteiger charge is 2.39. The normalized spacial score (nSPS) is 19.4. The molecule has 2 aromatic rings. The Hall–Kier alpha value is -2.82. The molecular formula is C22H27N3O2. The minimum atomic E-state index is -0.558. The Balaban J connectivity index is 1.53. The molecule has 142 valence electrons. The van der Waals surface area contributed by atoms with E-state index in [-0.39, 0.29) is 11.9 Å². The molecule has 0 radical (unpaired) electrons. The van der Waals surface area contributed by atoms with Crippen LogP contribution in [-0.4, -0.2) is 29.9 Å². The number of benzene rings is 2. The van der Waals surface area contributed by atoms with Gasteiger partial charge in [-0.1, -0.05) is 60.7 Å². The van der Waals surface area contributed by atoms with Crippen LogP contribution >= 0.6 is 0 Å². The quantitative estimate of drug-likeness (QED) is 0.854. The summed E-state index contributed by atoms with van der Waals surface area (Å²) in [5, 5.41) is 5.99. The lowest BCUT2D eigenvalue weighted by Crippen LogP contribution is -2.53. The van der Waals surface area contributed by atoms with E-state index in [1.165, 1.54) is 0 Å². The molecule has 3 amide bonds. The summed E-state index contributed by atoms with van der Waals surface area (Å²) in [4.78, 5) is 27.1. The van der Waals surface area contributed by atoms with Gasteiger partial charge < -0.3 is 15.5 Å². The van der Waals surface area contributed by atoms with E-state index in [1.807, 2.05) is 67.6 Å². The zero-order valence-electron chi connectivity index (χ0n) is 15.8. The molecule has 2 N–H and O–H groups in total. The summed E-state index contributed by atoms with van der Waals surface area (Å²) in [6.07, 6.45) is 1.62. The van der Waals surface area contributed by atoms with Crippen molar-refractivity contribution in [1.82, 2.24) is 15.5 Å². The summed E-state index contributed by atoms with van der Waals surface area (Å²) >= 11 is 0. The second kappa shape index (κ2) is 8.71. The van der Waals surface area contributed by atoms with Crippen LogP contribution in [-0.2, 0) is 17.9 Å². The molecular weight excluding hydrogens is 338 g/mol. The van der Waals surface area contributed by atoms with Gasteiger partial charge in [0.1, 0.15) is 0 Å². The van der Waals surface area contributed by atoms with Crippen molar-refractivity contribution in [1.29, 1.82) is 0 Å². The first-order valence-corrected chi connectivity index (χ1v) is 9.46. The summed E-state index contributed by atoms with van der Waals surface area (Å²) in [6, 6.07) is 19.6. The first-order chi connectivity index (χ1) is 13.1. The van der Waals surface area contributed by atoms with Crippen LogP contribution in [0.15, 0.2) is 60.7 Å². The van der Waals surface area contributed by atoms with Crippen molar-refractivity contribution >= 4 is 11.9 Å². The van der Waals surface area contributed by atoms with Gasteiger partial charge in [-0.25, -0.2) is 4.79 Å². The average molecular weight is 365 g/mol. The van der Waals surface area contributed by atoms with E-state index in [0.717, 1.165) is 24.0 Å². The average Bonchev–Trinajstić information content (AvgIpc) is 2.71. The van der Waals surface area contributed by atoms with Crippen molar-refractivity contribution in [2.45, 2.75) is 32.9 Å². The summed E-state index contributed by atoms with van der Waals surface area (Å²) < 4.78 is 0. The van der Waals surface area contributed by atoms with Gasteiger partial charge >= 0.3 is 6.03 Å². The first-order valence-electron chi connectivity index (χ1n) is 9.46. The van der Waals surface area contributed by atoms with Crippen LogP contribution in [0.1, 0.15) is 30.9 Å². The van der Waals surface area contributed by atoms with Crippen LogP contribution in [0.5, 0.6) is 0 Å². The fraction of sp³-hybridized carbons (Fsp3) is 0.364. The molecule has 0 bridgehead atoms. The number of likely N-dealkylation sites (tertiary alicyclic amines) is 1. The third-order valence-electron chi connectivity index (χ3n) is 5.11. The second-order valence-corrected chi connectivity index (χ2v) is 7.40. The molecule has 1 fully saturated rings. The Bertz CT molecular complexity index is 764. The van der Waals surface area contributed by atoms with Crippen molar-refractivity contribution in [2.24, 2.45) is 5.41 Å². The number of piperidine rings is 1. The molecule has 0 aromatic heterocycles. The van der Waals surface area contributed by atoms with Crippen LogP contribution in [0.25, 0.3) is 0 Å². The van der Waals surface area contributed by atoms with E-state index < -0.39 is 5.41 Å². The van der Waals surface area contributed by atoms with Crippen molar-refractivity contribution in [3.8, 4) is 0 Å². The van der Waals surface area contributed by atoms with Gasteiger partial charge in [0.25, 0.3) is 0 Å². The van der Waals surface area contributed by atoms with Crippen molar-refractivity contribution in [3.63, 3.8) is 0 Å². The fourth-order valence-electron chi connectivity index (χ4n) is 3.48. The van der Waals surface area contributed by atoms with Gasteiger partial charge in [0.2, 0.25) is 5.91 Å². The molecule has 5 nitrogen and oxygen atoms in total. The van der Waals surface area contributed by atoms with E-state index in [4.69, 9.17) is 0 Å². The predicted octanol–water partition coefficient (Wildman–Crippen LogP) is 3.31. The lowest BCUT2D eigenvalue weighted by molar-refractivity contribution is -0.132. The molecule has 5 heteroatoms. The number of amides is 3. The minimum absolute atomic E-state index is 0.00640. The van der Waals surface area contributed by atoms with Gasteiger partial charge in [-0.05, 0) is 30.9 Å². The maximum atomic E-state index is 12.8. The summed E-state index contributed by atoms with van der Waals surface area (Å²) in [5.74, 6) is 0.00640. The molecule has 1 aliphatic heterocycles. The van der Waals surface area contributed by atoms with Gasteiger partial charge in [-0.15, -0.1) is 0 Å². The number of rotatable bonds is 5. The molecule has 0 spiro atoms. The van der Waals surface area contributed by atoms with Gasteiger partial charge in [0.05, 0.1) is 5.41 Å². The third-order valence-corrected chi connectivity index (χ3v) is 5.11. The summed E-state index contributed by atoms with van der Waals surface area (Å²) in [7, 11) is 0. The smallest absolute Gasteiger partial charge is 0.317 e. The number of hydrogen-bond donors (Lipinski definition) is 2. The molecule has 0 saturated carbocycles. The van der Waals surface area contributed by atoms with E-state index >= 15 is 0 Å². The standard InChI is InChI=1S/C22H27N3O2/c1-22(20(26)23-15-18-9-4-2-5-10-18)13-8-14-25(17-22)21(27)24-16-19-11-6-3-7-12-19/h2-7,9-12H,8,13-17H2,1H3,(H,23,26)(H,24,27)/t22-/m1/s1. The number of urea groups is 1. The highest BCUT2D eigenvalue weighted by molar-refractivity contribution is 5.84. The van der Waals surface area contributed by atoms with E-state index in [9.17, 15) is 9.59 Å². The molecule has 2 aromatic carbocycles. The van der Waals surface area contributed by atoms with Crippen LogP contribution in [0.2, 0.25) is 0 Å². The minimum Gasteiger partial charge on any atom is -0.351 e. The van der Waals surface area contributed by atoms with Crippen molar-refractivity contribution in [2.75, 3.05) is 13.1 Å². The summed E-state index contributed by atoms with van der Waals surface area (Å²) in [5.41, 5.74) is 1.57. The highest BCUT2D eigenvalue weighted by atomic mass is 16.2. The lowest BCUT2D eigenvalue weighted by atomic mass is 9.81. The molecule has 1 heterocycles. The van der Waals surface area contributed by atoms with E-state index in [1.54, 1.807) is 4.90 Å². The predicted molar refractivity (Wildman–Crippen MR) is 106 cm³/mol. The van der Waals surface area contributed by atoms with Crippen LogP contribution in [0.4, 0.5) is 4.79 Å². The van der Waals surface area contributed by atoms with Crippen LogP contribution in [0.3, 0.4) is 0 Å². The molecule has 1 aliphatic rings. The maximum Gasteiger partial charge on any atom is 0.317 e. The molecule has 0 aliphatic carbocycles. The van der Waals surface area contributed by atoms with Gasteiger partial charge in [-0.2, -0.15) is 0 Å². The number of carbonyl (C=O) groups excluding carboxylic acids is 2. The van der Waals surface area contributed by atoms with Gasteiger partial charge in [-0.3, -0.25) is 4.79 Å². The Labute approximate surface area is 160 Å². The number of nitrogens with zero attached hydrogens (tertiary/aromatic N) is 1. The van der Waals surface area contributed by atoms with Gasteiger partial charge in [0.15, 0.2) is 0 Å². The van der Waals surface area contributed by atoms with Crippen LogP contribution < -0.4 is 10.6 Å². The molecule has 1 atom stereocenters. The molecule has 0 unspecified atom stereocenters. The molecule has 27 heavy (non-hydrogen) atoms. The third kappa shape index (κ3) is 5.09. The zero-order valence-corrected chi connectivity index (χ0v) is 15.8. The Morgan fingerprint density at radius 3 is 2.07 bits per heavy atom. The van der Waals surface area contributed by atoms with Crippen molar-refractivity contribution < 1.29 is 9.59 Å².